The Hall–Kier alpha value is -3.48. The number of amides is 1. The smallest absolute Gasteiger partial charge is 0.316 e. The summed E-state index contributed by atoms with van der Waals surface area (Å²) >= 11 is 0. The molecule has 1 aliphatic rings. The quantitative estimate of drug-likeness (QED) is 0.729. The highest BCUT2D eigenvalue weighted by molar-refractivity contribution is 6.14. The van der Waals surface area contributed by atoms with E-state index < -0.39 is 5.91 Å². The van der Waals surface area contributed by atoms with Gasteiger partial charge >= 0.3 is 5.91 Å². The third kappa shape index (κ3) is 3.72. The number of ether oxygens (including phenoxy) is 5. The normalized spacial score (nSPS) is 14.6. The summed E-state index contributed by atoms with van der Waals surface area (Å²) in [6, 6.07) is 10.5. The Morgan fingerprint density at radius 3 is 2.04 bits per heavy atom. The van der Waals surface area contributed by atoms with Crippen molar-refractivity contribution in [3.63, 3.8) is 0 Å². The second-order valence-electron chi connectivity index (χ2n) is 5.52. The van der Waals surface area contributed by atoms with Gasteiger partial charge in [-0.2, -0.15) is 4.99 Å². The highest BCUT2D eigenvalue weighted by atomic mass is 16.5. The van der Waals surface area contributed by atoms with E-state index >= 15 is 0 Å². The minimum Gasteiger partial charge on any atom is -0.497 e. The highest BCUT2D eigenvalue weighted by Gasteiger charge is 2.24. The molecular formula is C20H19NO6. The fraction of sp³-hybridized carbons (Fsp3) is 0.200. The van der Waals surface area contributed by atoms with Gasteiger partial charge in [-0.05, 0) is 48.0 Å². The Balaban J connectivity index is 1.89. The van der Waals surface area contributed by atoms with E-state index in [-0.39, 0.29) is 11.7 Å². The van der Waals surface area contributed by atoms with Gasteiger partial charge in [0.1, 0.15) is 5.75 Å². The fourth-order valence-corrected chi connectivity index (χ4v) is 2.60. The molecule has 27 heavy (non-hydrogen) atoms. The van der Waals surface area contributed by atoms with Crippen molar-refractivity contribution in [3.8, 4) is 23.0 Å². The topological polar surface area (TPSA) is 75.6 Å². The lowest BCUT2D eigenvalue weighted by molar-refractivity contribution is -0.115. The zero-order chi connectivity index (χ0) is 19.4. The van der Waals surface area contributed by atoms with Crippen LogP contribution >= 0.6 is 0 Å². The Kier molecular flexibility index (Phi) is 5.30. The third-order valence-corrected chi connectivity index (χ3v) is 3.94. The molecule has 1 amide bonds. The van der Waals surface area contributed by atoms with E-state index in [0.29, 0.717) is 34.1 Å². The molecule has 2 aromatic rings. The second kappa shape index (κ2) is 7.82. The van der Waals surface area contributed by atoms with Crippen molar-refractivity contribution in [3.05, 3.63) is 53.3 Å². The van der Waals surface area contributed by atoms with Crippen molar-refractivity contribution in [1.29, 1.82) is 0 Å². The number of benzene rings is 2. The van der Waals surface area contributed by atoms with Crippen molar-refractivity contribution in [2.45, 2.75) is 0 Å². The molecule has 3 rings (SSSR count). The summed E-state index contributed by atoms with van der Waals surface area (Å²) in [7, 11) is 6.16. The van der Waals surface area contributed by atoms with E-state index in [9.17, 15) is 4.79 Å². The predicted octanol–water partition coefficient (Wildman–Crippen LogP) is 3.07. The molecule has 1 heterocycles. The van der Waals surface area contributed by atoms with Crippen LogP contribution in [-0.2, 0) is 9.53 Å². The van der Waals surface area contributed by atoms with E-state index in [2.05, 4.69) is 4.99 Å². The van der Waals surface area contributed by atoms with Crippen LogP contribution in [0.5, 0.6) is 23.0 Å². The van der Waals surface area contributed by atoms with E-state index in [1.807, 2.05) is 0 Å². The van der Waals surface area contributed by atoms with Gasteiger partial charge in [-0.3, -0.25) is 4.79 Å². The van der Waals surface area contributed by atoms with Crippen molar-refractivity contribution >= 4 is 17.9 Å². The molecule has 0 saturated carbocycles. The van der Waals surface area contributed by atoms with E-state index in [1.165, 1.54) is 21.3 Å². The maximum Gasteiger partial charge on any atom is 0.316 e. The molecule has 0 fully saturated rings. The van der Waals surface area contributed by atoms with E-state index in [4.69, 9.17) is 23.7 Å². The van der Waals surface area contributed by atoms with Gasteiger partial charge in [0.2, 0.25) is 11.6 Å². The number of methoxy groups -OCH3 is 4. The monoisotopic (exact) mass is 369 g/mol. The molecule has 7 nitrogen and oxygen atoms in total. The number of carbonyl (C=O) groups is 1. The number of nitrogens with zero attached hydrogens (tertiary/aromatic N) is 1. The van der Waals surface area contributed by atoms with Crippen LogP contribution in [0, 0.1) is 0 Å². The number of rotatable bonds is 6. The van der Waals surface area contributed by atoms with Crippen LogP contribution in [0.25, 0.3) is 6.08 Å². The molecule has 0 N–H and O–H groups in total. The lowest BCUT2D eigenvalue weighted by Gasteiger charge is -2.13. The molecule has 7 heteroatoms. The summed E-state index contributed by atoms with van der Waals surface area (Å²) in [6.45, 7) is 0. The van der Waals surface area contributed by atoms with Gasteiger partial charge in [0.05, 0.1) is 28.4 Å². The zero-order valence-electron chi connectivity index (χ0n) is 15.4. The number of aliphatic imine (C=N–C) groups is 1. The van der Waals surface area contributed by atoms with Gasteiger partial charge < -0.3 is 23.7 Å². The van der Waals surface area contributed by atoms with Crippen molar-refractivity contribution in [1.82, 2.24) is 0 Å². The highest BCUT2D eigenvalue weighted by Crippen LogP contribution is 2.39. The van der Waals surface area contributed by atoms with Gasteiger partial charge in [0.15, 0.2) is 17.3 Å². The summed E-state index contributed by atoms with van der Waals surface area (Å²) in [5.74, 6) is 2.01. The first-order chi connectivity index (χ1) is 13.1. The van der Waals surface area contributed by atoms with Crippen molar-refractivity contribution < 1.29 is 28.5 Å². The summed E-state index contributed by atoms with van der Waals surface area (Å²) in [5, 5.41) is 0. The average Bonchev–Trinajstić information content (AvgIpc) is 3.07. The molecule has 0 bridgehead atoms. The number of carbonyl (C=O) groups excluding carboxylic acids is 1. The van der Waals surface area contributed by atoms with Crippen LogP contribution in [0.2, 0.25) is 0 Å². The Morgan fingerprint density at radius 1 is 0.889 bits per heavy atom. The van der Waals surface area contributed by atoms with Crippen LogP contribution in [0.4, 0.5) is 0 Å². The molecule has 0 unspecified atom stereocenters. The summed E-state index contributed by atoms with van der Waals surface area (Å²) in [5.41, 5.74) is 1.33. The molecule has 140 valence electrons. The van der Waals surface area contributed by atoms with Gasteiger partial charge in [-0.25, -0.2) is 0 Å². The SMILES string of the molecule is COc1ccc(C2=NC(=O)C(=Cc3cc(OC)c(OC)c(OC)c3)O2)cc1. The summed E-state index contributed by atoms with van der Waals surface area (Å²) in [4.78, 5) is 16.2. The minimum absolute atomic E-state index is 0.107. The molecular weight excluding hydrogens is 350 g/mol. The van der Waals surface area contributed by atoms with Crippen LogP contribution in [0.15, 0.2) is 47.1 Å². The van der Waals surface area contributed by atoms with Crippen LogP contribution in [0.1, 0.15) is 11.1 Å². The zero-order valence-corrected chi connectivity index (χ0v) is 15.4. The van der Waals surface area contributed by atoms with Crippen molar-refractivity contribution in [2.75, 3.05) is 28.4 Å². The Morgan fingerprint density at radius 2 is 1.52 bits per heavy atom. The van der Waals surface area contributed by atoms with Crippen LogP contribution < -0.4 is 18.9 Å². The number of hydrogen-bond donors (Lipinski definition) is 0. The maximum absolute atomic E-state index is 12.2. The van der Waals surface area contributed by atoms with Gasteiger partial charge in [-0.15, -0.1) is 0 Å². The molecule has 2 aromatic carbocycles. The summed E-state index contributed by atoms with van der Waals surface area (Å²) < 4.78 is 26.7. The first-order valence-corrected chi connectivity index (χ1v) is 8.06. The molecule has 0 saturated heterocycles. The fourth-order valence-electron chi connectivity index (χ4n) is 2.60. The molecule has 0 atom stereocenters. The van der Waals surface area contributed by atoms with Gasteiger partial charge in [0.25, 0.3) is 0 Å². The standard InChI is InChI=1S/C20H19NO6/c1-23-14-7-5-13(6-8-14)20-21-19(22)17(27-20)11-12-9-15(24-2)18(26-4)16(10-12)25-3/h5-11H,1-4H3. The van der Waals surface area contributed by atoms with Crippen LogP contribution in [-0.4, -0.2) is 40.2 Å². The van der Waals surface area contributed by atoms with E-state index in [1.54, 1.807) is 49.6 Å². The maximum atomic E-state index is 12.2. The molecule has 0 spiro atoms. The lowest BCUT2D eigenvalue weighted by atomic mass is 10.1. The lowest BCUT2D eigenvalue weighted by Crippen LogP contribution is -2.01. The second-order valence-corrected chi connectivity index (χ2v) is 5.52. The van der Waals surface area contributed by atoms with Crippen LogP contribution in [0.3, 0.4) is 0 Å². The number of hydrogen-bond acceptors (Lipinski definition) is 6. The predicted molar refractivity (Wildman–Crippen MR) is 99.7 cm³/mol. The molecule has 0 aromatic heterocycles. The van der Waals surface area contributed by atoms with E-state index in [0.717, 1.165) is 0 Å². The Labute approximate surface area is 156 Å². The summed E-state index contributed by atoms with van der Waals surface area (Å²) in [6.07, 6.45) is 1.58. The minimum atomic E-state index is -0.463. The molecule has 0 aliphatic carbocycles. The first kappa shape index (κ1) is 18.3. The first-order valence-electron chi connectivity index (χ1n) is 8.06. The molecule has 1 aliphatic heterocycles. The Bertz CT molecular complexity index is 890. The largest absolute Gasteiger partial charge is 0.497 e. The van der Waals surface area contributed by atoms with Crippen molar-refractivity contribution in [2.24, 2.45) is 4.99 Å². The van der Waals surface area contributed by atoms with Gasteiger partial charge in [-0.1, -0.05) is 0 Å². The third-order valence-electron chi connectivity index (χ3n) is 3.94. The molecule has 0 radical (unpaired) electrons. The average molecular weight is 369 g/mol. The van der Waals surface area contributed by atoms with Gasteiger partial charge in [0, 0.05) is 5.56 Å².